The van der Waals surface area contributed by atoms with Gasteiger partial charge in [-0.15, -0.1) is 0 Å². The van der Waals surface area contributed by atoms with Gasteiger partial charge in [-0.25, -0.2) is 0 Å². The van der Waals surface area contributed by atoms with Crippen LogP contribution in [0.25, 0.3) is 0 Å². The lowest BCUT2D eigenvalue weighted by atomic mass is 10.2. The fourth-order valence-electron chi connectivity index (χ4n) is 1.64. The van der Waals surface area contributed by atoms with E-state index in [1.54, 1.807) is 11.8 Å². The second-order valence-electron chi connectivity index (χ2n) is 3.71. The zero-order chi connectivity index (χ0) is 11.4. The van der Waals surface area contributed by atoms with E-state index in [2.05, 4.69) is 5.32 Å². The van der Waals surface area contributed by atoms with Gasteiger partial charge in [-0.05, 0) is 20.8 Å². The molecule has 0 saturated carbocycles. The van der Waals surface area contributed by atoms with Gasteiger partial charge in [0.25, 0.3) is 0 Å². The van der Waals surface area contributed by atoms with E-state index in [-0.39, 0.29) is 24.5 Å². The lowest BCUT2D eigenvalue weighted by Crippen LogP contribution is -2.58. The molecule has 0 bridgehead atoms. The van der Waals surface area contributed by atoms with Gasteiger partial charge in [-0.2, -0.15) is 0 Å². The largest absolute Gasteiger partial charge is 0.377 e. The van der Waals surface area contributed by atoms with Crippen LogP contribution >= 0.6 is 0 Å². The molecule has 2 atom stereocenters. The summed E-state index contributed by atoms with van der Waals surface area (Å²) < 4.78 is 5.35. The molecule has 5 nitrogen and oxygen atoms in total. The Morgan fingerprint density at radius 2 is 2.27 bits per heavy atom. The zero-order valence-corrected chi connectivity index (χ0v) is 9.45. The van der Waals surface area contributed by atoms with E-state index in [9.17, 15) is 9.59 Å². The van der Waals surface area contributed by atoms with E-state index >= 15 is 0 Å². The molecule has 0 aliphatic carbocycles. The third-order valence-corrected chi connectivity index (χ3v) is 2.49. The van der Waals surface area contributed by atoms with Crippen LogP contribution in [0.4, 0.5) is 0 Å². The Labute approximate surface area is 89.8 Å². The predicted octanol–water partition coefficient (Wildman–Crippen LogP) is -0.242. The van der Waals surface area contributed by atoms with Crippen molar-refractivity contribution in [2.24, 2.45) is 0 Å². The summed E-state index contributed by atoms with van der Waals surface area (Å²) in [6.07, 6.45) is -0.0349. The predicted molar refractivity (Wildman–Crippen MR) is 55.3 cm³/mol. The fourth-order valence-corrected chi connectivity index (χ4v) is 1.64. The highest BCUT2D eigenvalue weighted by Crippen LogP contribution is 2.07. The van der Waals surface area contributed by atoms with Gasteiger partial charge < -0.3 is 15.0 Å². The first-order valence-corrected chi connectivity index (χ1v) is 5.25. The van der Waals surface area contributed by atoms with Crippen molar-refractivity contribution in [2.75, 3.05) is 19.7 Å². The molecule has 1 N–H and O–H groups in total. The first kappa shape index (κ1) is 12.0. The van der Waals surface area contributed by atoms with Gasteiger partial charge in [-0.3, -0.25) is 9.59 Å². The van der Waals surface area contributed by atoms with E-state index < -0.39 is 6.04 Å². The number of hydrogen-bond donors (Lipinski definition) is 1. The standard InChI is InChI=1S/C10H18N2O3/c1-4-15-7(2)6-12-8(3)10(14)11-5-9(12)13/h7-8H,4-6H2,1-3H3,(H,11,14). The average molecular weight is 214 g/mol. The molecule has 5 heteroatoms. The van der Waals surface area contributed by atoms with E-state index in [0.29, 0.717) is 13.2 Å². The van der Waals surface area contributed by atoms with Crippen LogP contribution in [0.2, 0.25) is 0 Å². The molecular formula is C10H18N2O3. The zero-order valence-electron chi connectivity index (χ0n) is 9.45. The van der Waals surface area contributed by atoms with Gasteiger partial charge in [0.05, 0.1) is 12.6 Å². The van der Waals surface area contributed by atoms with Gasteiger partial charge in [0.2, 0.25) is 11.8 Å². The van der Waals surface area contributed by atoms with Crippen LogP contribution in [0.15, 0.2) is 0 Å². The monoisotopic (exact) mass is 214 g/mol. The highest BCUT2D eigenvalue weighted by atomic mass is 16.5. The summed E-state index contributed by atoms with van der Waals surface area (Å²) in [5.41, 5.74) is 0. The van der Waals surface area contributed by atoms with E-state index in [4.69, 9.17) is 4.74 Å². The molecular weight excluding hydrogens is 196 g/mol. The first-order valence-electron chi connectivity index (χ1n) is 5.25. The molecule has 0 spiro atoms. The number of carbonyl (C=O) groups excluding carboxylic acids is 2. The number of hydrogen-bond acceptors (Lipinski definition) is 3. The number of nitrogens with zero attached hydrogens (tertiary/aromatic N) is 1. The molecule has 1 fully saturated rings. The smallest absolute Gasteiger partial charge is 0.242 e. The van der Waals surface area contributed by atoms with Crippen molar-refractivity contribution in [3.05, 3.63) is 0 Å². The maximum absolute atomic E-state index is 11.5. The Morgan fingerprint density at radius 1 is 1.60 bits per heavy atom. The van der Waals surface area contributed by atoms with Gasteiger partial charge in [0.15, 0.2) is 0 Å². The summed E-state index contributed by atoms with van der Waals surface area (Å²) in [6, 6.07) is -0.394. The minimum absolute atomic E-state index is 0.0349. The lowest BCUT2D eigenvalue weighted by molar-refractivity contribution is -0.146. The van der Waals surface area contributed by atoms with E-state index in [1.165, 1.54) is 0 Å². The van der Waals surface area contributed by atoms with E-state index in [1.807, 2.05) is 13.8 Å². The van der Waals surface area contributed by atoms with Crippen molar-refractivity contribution in [3.8, 4) is 0 Å². The van der Waals surface area contributed by atoms with Crippen molar-refractivity contribution in [3.63, 3.8) is 0 Å². The Kier molecular flexibility index (Phi) is 4.08. The Morgan fingerprint density at radius 3 is 2.87 bits per heavy atom. The van der Waals surface area contributed by atoms with Crippen LogP contribution in [0, 0.1) is 0 Å². The highest BCUT2D eigenvalue weighted by molar-refractivity contribution is 5.94. The molecule has 1 rings (SSSR count). The number of carbonyl (C=O) groups is 2. The van der Waals surface area contributed by atoms with Crippen molar-refractivity contribution in [1.29, 1.82) is 0 Å². The summed E-state index contributed by atoms with van der Waals surface area (Å²) in [5.74, 6) is -0.146. The molecule has 0 radical (unpaired) electrons. The topological polar surface area (TPSA) is 58.6 Å². The normalized spacial score (nSPS) is 23.9. The SMILES string of the molecule is CCOC(C)CN1C(=O)CNC(=O)C1C. The molecule has 2 amide bonds. The second-order valence-corrected chi connectivity index (χ2v) is 3.71. The summed E-state index contributed by atoms with van der Waals surface area (Å²) in [5, 5.41) is 2.55. The van der Waals surface area contributed by atoms with Crippen LogP contribution < -0.4 is 5.32 Å². The lowest BCUT2D eigenvalue weighted by Gasteiger charge is -2.34. The molecule has 0 aromatic heterocycles. The Balaban J connectivity index is 2.56. The Hall–Kier alpha value is -1.10. The van der Waals surface area contributed by atoms with Crippen LogP contribution in [0.1, 0.15) is 20.8 Å². The third kappa shape index (κ3) is 2.92. The van der Waals surface area contributed by atoms with Gasteiger partial charge in [-0.1, -0.05) is 0 Å². The number of nitrogens with one attached hydrogen (secondary N) is 1. The Bertz CT molecular complexity index is 255. The van der Waals surface area contributed by atoms with E-state index in [0.717, 1.165) is 0 Å². The van der Waals surface area contributed by atoms with Crippen molar-refractivity contribution >= 4 is 11.8 Å². The minimum atomic E-state index is -0.394. The molecule has 1 aliphatic heterocycles. The van der Waals surface area contributed by atoms with Crippen LogP contribution in [0.3, 0.4) is 0 Å². The van der Waals surface area contributed by atoms with Gasteiger partial charge in [0.1, 0.15) is 6.04 Å². The first-order chi connectivity index (χ1) is 7.06. The molecule has 0 aromatic rings. The maximum Gasteiger partial charge on any atom is 0.242 e. The highest BCUT2D eigenvalue weighted by Gasteiger charge is 2.31. The van der Waals surface area contributed by atoms with Crippen molar-refractivity contribution in [1.82, 2.24) is 10.2 Å². The molecule has 1 heterocycles. The second kappa shape index (κ2) is 5.11. The van der Waals surface area contributed by atoms with Gasteiger partial charge in [0, 0.05) is 13.2 Å². The quantitative estimate of drug-likeness (QED) is 0.702. The average Bonchev–Trinajstić information content (AvgIpc) is 2.19. The summed E-state index contributed by atoms with van der Waals surface area (Å²) in [6.45, 7) is 6.72. The maximum atomic E-state index is 11.5. The molecule has 2 unspecified atom stereocenters. The molecule has 15 heavy (non-hydrogen) atoms. The van der Waals surface area contributed by atoms with Crippen molar-refractivity contribution < 1.29 is 14.3 Å². The fraction of sp³-hybridized carbons (Fsp3) is 0.800. The molecule has 1 aliphatic rings. The van der Waals surface area contributed by atoms with Crippen LogP contribution in [0.5, 0.6) is 0 Å². The molecule has 86 valence electrons. The molecule has 0 aromatic carbocycles. The third-order valence-electron chi connectivity index (χ3n) is 2.49. The number of piperazine rings is 1. The van der Waals surface area contributed by atoms with Crippen LogP contribution in [-0.4, -0.2) is 48.6 Å². The summed E-state index contributed by atoms with van der Waals surface area (Å²) in [7, 11) is 0. The summed E-state index contributed by atoms with van der Waals surface area (Å²) in [4.78, 5) is 24.5. The number of amides is 2. The number of ether oxygens (including phenoxy) is 1. The minimum Gasteiger partial charge on any atom is -0.377 e. The van der Waals surface area contributed by atoms with Crippen LogP contribution in [-0.2, 0) is 14.3 Å². The molecule has 1 saturated heterocycles. The number of rotatable bonds is 4. The van der Waals surface area contributed by atoms with Gasteiger partial charge >= 0.3 is 0 Å². The van der Waals surface area contributed by atoms with Crippen molar-refractivity contribution in [2.45, 2.75) is 32.9 Å². The summed E-state index contributed by atoms with van der Waals surface area (Å²) >= 11 is 0.